The molecule has 3 aliphatic rings. The summed E-state index contributed by atoms with van der Waals surface area (Å²) in [5.41, 5.74) is 2.74. The number of anilines is 1. The zero-order chi connectivity index (χ0) is 18.2. The molecule has 0 bridgehead atoms. The molecule has 5 nitrogen and oxygen atoms in total. The highest BCUT2D eigenvalue weighted by Gasteiger charge is 2.56. The smallest absolute Gasteiger partial charge is 0.225 e. The lowest BCUT2D eigenvalue weighted by Gasteiger charge is -2.19. The average Bonchev–Trinajstić information content (AvgIpc) is 3.17. The Morgan fingerprint density at radius 1 is 1.11 bits per heavy atom. The van der Waals surface area contributed by atoms with Crippen LogP contribution in [0.5, 0.6) is 5.75 Å². The van der Waals surface area contributed by atoms with Gasteiger partial charge in [0, 0.05) is 25.6 Å². The summed E-state index contributed by atoms with van der Waals surface area (Å²) in [5.74, 6) is 3.80. The highest BCUT2D eigenvalue weighted by molar-refractivity contribution is 6.30. The molecule has 1 aromatic heterocycles. The lowest BCUT2D eigenvalue weighted by Crippen LogP contribution is -2.27. The number of benzene rings is 1. The first-order valence-corrected chi connectivity index (χ1v) is 10.0. The van der Waals surface area contributed by atoms with E-state index in [9.17, 15) is 0 Å². The lowest BCUT2D eigenvalue weighted by atomic mass is 10.0. The fourth-order valence-corrected chi connectivity index (χ4v) is 4.47. The molecule has 2 atom stereocenters. The molecule has 27 heavy (non-hydrogen) atoms. The molecule has 2 unspecified atom stereocenters. The van der Waals surface area contributed by atoms with Gasteiger partial charge in [-0.3, -0.25) is 0 Å². The molecular formula is C21H23ClN4O. The largest absolute Gasteiger partial charge is 0.493 e. The summed E-state index contributed by atoms with van der Waals surface area (Å²) in [4.78, 5) is 10.9. The minimum Gasteiger partial charge on any atom is -0.493 e. The van der Waals surface area contributed by atoms with Crippen LogP contribution in [0.3, 0.4) is 0 Å². The molecule has 2 aromatic rings. The van der Waals surface area contributed by atoms with E-state index < -0.39 is 0 Å². The molecule has 3 heterocycles. The van der Waals surface area contributed by atoms with Gasteiger partial charge in [-0.2, -0.15) is 0 Å². The van der Waals surface area contributed by atoms with Gasteiger partial charge in [0.1, 0.15) is 5.75 Å². The van der Waals surface area contributed by atoms with Gasteiger partial charge < -0.3 is 15.0 Å². The number of rotatable bonds is 5. The summed E-state index contributed by atoms with van der Waals surface area (Å²) in [5, 5.41) is 3.93. The van der Waals surface area contributed by atoms with E-state index in [4.69, 9.17) is 16.3 Å². The lowest BCUT2D eigenvalue weighted by molar-refractivity contribution is 0.283. The van der Waals surface area contributed by atoms with Crippen molar-refractivity contribution >= 4 is 23.1 Å². The number of halogens is 1. The molecule has 1 saturated heterocycles. The predicted molar refractivity (Wildman–Crippen MR) is 107 cm³/mol. The molecule has 6 heteroatoms. The van der Waals surface area contributed by atoms with Gasteiger partial charge >= 0.3 is 0 Å². The van der Waals surface area contributed by atoms with Crippen LogP contribution in [0.2, 0.25) is 5.02 Å². The Balaban J connectivity index is 1.12. The molecule has 2 fully saturated rings. The molecule has 140 valence electrons. The summed E-state index contributed by atoms with van der Waals surface area (Å²) in [6.07, 6.45) is 6.70. The van der Waals surface area contributed by atoms with Crippen LogP contribution < -0.4 is 15.0 Å². The van der Waals surface area contributed by atoms with Crippen LogP contribution >= 0.6 is 11.6 Å². The first kappa shape index (κ1) is 17.0. The van der Waals surface area contributed by atoms with E-state index in [-0.39, 0.29) is 0 Å². The minimum atomic E-state index is 0.580. The normalized spacial score (nSPS) is 26.5. The van der Waals surface area contributed by atoms with Gasteiger partial charge in [0.2, 0.25) is 5.95 Å². The fourth-order valence-electron chi connectivity index (χ4n) is 4.37. The zero-order valence-corrected chi connectivity index (χ0v) is 15.9. The quantitative estimate of drug-likeness (QED) is 0.860. The molecule has 2 aliphatic heterocycles. The first-order valence-electron chi connectivity index (χ1n) is 9.63. The Kier molecular flexibility index (Phi) is 4.50. The minimum absolute atomic E-state index is 0.580. The third-order valence-electron chi connectivity index (χ3n) is 5.99. The number of ether oxygens (including phenoxy) is 1. The van der Waals surface area contributed by atoms with Crippen molar-refractivity contribution in [1.82, 2.24) is 15.3 Å². The fraction of sp³-hybridized carbons (Fsp3) is 0.429. The maximum absolute atomic E-state index is 6.07. The van der Waals surface area contributed by atoms with Crippen LogP contribution in [0.4, 0.5) is 5.95 Å². The van der Waals surface area contributed by atoms with Crippen LogP contribution in [0.15, 0.2) is 42.7 Å². The van der Waals surface area contributed by atoms with Crippen molar-refractivity contribution in [2.45, 2.75) is 6.42 Å². The number of fused-ring (bicyclic) bond motifs is 1. The van der Waals surface area contributed by atoms with E-state index in [2.05, 4.69) is 50.5 Å². The Labute approximate surface area is 164 Å². The van der Waals surface area contributed by atoms with Crippen molar-refractivity contribution in [2.75, 3.05) is 37.7 Å². The molecule has 1 aromatic carbocycles. The summed E-state index contributed by atoms with van der Waals surface area (Å²) in [7, 11) is 0. The van der Waals surface area contributed by atoms with E-state index in [1.807, 2.05) is 0 Å². The van der Waals surface area contributed by atoms with Gasteiger partial charge in [0.05, 0.1) is 24.0 Å². The number of aromatic nitrogens is 2. The maximum atomic E-state index is 6.07. The average molecular weight is 383 g/mol. The van der Waals surface area contributed by atoms with Crippen LogP contribution in [-0.4, -0.2) is 42.8 Å². The molecular weight excluding hydrogens is 360 g/mol. The topological polar surface area (TPSA) is 50.3 Å². The molecule has 5 rings (SSSR count). The van der Waals surface area contributed by atoms with E-state index in [1.54, 1.807) is 12.4 Å². The van der Waals surface area contributed by atoms with E-state index in [0.717, 1.165) is 50.9 Å². The van der Waals surface area contributed by atoms with Gasteiger partial charge in [-0.1, -0.05) is 29.8 Å². The van der Waals surface area contributed by atoms with Gasteiger partial charge in [0.15, 0.2) is 0 Å². The van der Waals surface area contributed by atoms with Crippen molar-refractivity contribution in [2.24, 2.45) is 17.8 Å². The van der Waals surface area contributed by atoms with Gasteiger partial charge in [-0.25, -0.2) is 9.97 Å². The number of hydrogen-bond acceptors (Lipinski definition) is 5. The third-order valence-corrected chi connectivity index (χ3v) is 6.19. The SMILES string of the molecule is Clc1cnc(N2CC3C(COc4ccc(C5=CCNCC5)cc4)C3C2)nc1. The van der Waals surface area contributed by atoms with Crippen molar-refractivity contribution in [3.63, 3.8) is 0 Å². The first-order chi connectivity index (χ1) is 13.3. The summed E-state index contributed by atoms with van der Waals surface area (Å²) >= 11 is 5.87. The Morgan fingerprint density at radius 3 is 2.52 bits per heavy atom. The highest BCUT2D eigenvalue weighted by Crippen LogP contribution is 2.52. The molecule has 0 amide bonds. The molecule has 1 saturated carbocycles. The number of nitrogens with zero attached hydrogens (tertiary/aromatic N) is 3. The van der Waals surface area contributed by atoms with Crippen molar-refractivity contribution in [1.29, 1.82) is 0 Å². The Bertz CT molecular complexity index is 824. The zero-order valence-electron chi connectivity index (χ0n) is 15.1. The van der Waals surface area contributed by atoms with E-state index in [0.29, 0.717) is 22.8 Å². The van der Waals surface area contributed by atoms with Crippen LogP contribution in [-0.2, 0) is 0 Å². The van der Waals surface area contributed by atoms with Crippen molar-refractivity contribution < 1.29 is 4.74 Å². The third kappa shape index (κ3) is 3.54. The molecule has 1 aliphatic carbocycles. The standard InChI is InChI=1S/C21H23ClN4O/c22-16-9-24-21(25-10-16)26-11-18-19(12-26)20(18)13-27-17-3-1-14(2-4-17)15-5-7-23-8-6-15/h1-5,9-10,18-20,23H,6-8,11-13H2. The van der Waals surface area contributed by atoms with Gasteiger partial charge in [0.25, 0.3) is 0 Å². The number of piperidine rings is 1. The molecule has 1 N–H and O–H groups in total. The second kappa shape index (κ2) is 7.13. The van der Waals surface area contributed by atoms with Crippen LogP contribution in [0.1, 0.15) is 12.0 Å². The van der Waals surface area contributed by atoms with Crippen molar-refractivity contribution in [3.8, 4) is 5.75 Å². The monoisotopic (exact) mass is 382 g/mol. The maximum Gasteiger partial charge on any atom is 0.225 e. The number of hydrogen-bond donors (Lipinski definition) is 1. The second-order valence-electron chi connectivity index (χ2n) is 7.62. The number of nitrogens with one attached hydrogen (secondary N) is 1. The Hall–Kier alpha value is -2.11. The van der Waals surface area contributed by atoms with Crippen LogP contribution in [0.25, 0.3) is 5.57 Å². The van der Waals surface area contributed by atoms with Crippen molar-refractivity contribution in [3.05, 3.63) is 53.3 Å². The summed E-state index contributed by atoms with van der Waals surface area (Å²) in [6.45, 7) is 4.86. The van der Waals surface area contributed by atoms with Gasteiger partial charge in [-0.15, -0.1) is 0 Å². The highest BCUT2D eigenvalue weighted by atomic mass is 35.5. The van der Waals surface area contributed by atoms with E-state index in [1.165, 1.54) is 11.1 Å². The molecule has 0 radical (unpaired) electrons. The summed E-state index contributed by atoms with van der Waals surface area (Å²) in [6, 6.07) is 8.56. The Morgan fingerprint density at radius 2 is 1.85 bits per heavy atom. The predicted octanol–water partition coefficient (Wildman–Crippen LogP) is 3.27. The molecule has 0 spiro atoms. The van der Waals surface area contributed by atoms with E-state index >= 15 is 0 Å². The van der Waals surface area contributed by atoms with Gasteiger partial charge in [-0.05, 0) is 48.1 Å². The second-order valence-corrected chi connectivity index (χ2v) is 8.05. The summed E-state index contributed by atoms with van der Waals surface area (Å²) < 4.78 is 6.07. The van der Waals surface area contributed by atoms with Crippen LogP contribution in [0, 0.1) is 17.8 Å².